The topological polar surface area (TPSA) is 99.2 Å². The summed E-state index contributed by atoms with van der Waals surface area (Å²) >= 11 is 0. The second-order valence-corrected chi connectivity index (χ2v) is 9.69. The summed E-state index contributed by atoms with van der Waals surface area (Å²) in [5.74, 6) is -0.233. The van der Waals surface area contributed by atoms with Crippen molar-refractivity contribution >= 4 is 23.8 Å². The maximum Gasteiger partial charge on any atom is 0.408 e. The predicted molar refractivity (Wildman–Crippen MR) is 115 cm³/mol. The van der Waals surface area contributed by atoms with Gasteiger partial charge in [-0.3, -0.25) is 9.69 Å². The van der Waals surface area contributed by atoms with Crippen LogP contribution >= 0.6 is 0 Å². The zero-order valence-corrected chi connectivity index (χ0v) is 18.9. The van der Waals surface area contributed by atoms with E-state index in [0.29, 0.717) is 12.2 Å². The molecule has 1 saturated heterocycles. The molecule has 0 saturated carbocycles. The quantitative estimate of drug-likeness (QED) is 0.771. The normalized spacial score (nSPS) is 18.8. The lowest BCUT2D eigenvalue weighted by Crippen LogP contribution is -2.63. The largest absolute Gasteiger partial charge is 0.465 e. The Morgan fingerprint density at radius 3 is 2.13 bits per heavy atom. The average molecular weight is 420 g/mol. The maximum atomic E-state index is 13.1. The SMILES string of the molecule is C[C@H](NC(=O)OC(C)(C)C)c1ccc(N2CCN(C(=O)O)C(C(C)(C)C)C2=O)cc1. The van der Waals surface area contributed by atoms with Crippen LogP contribution in [0.5, 0.6) is 0 Å². The second-order valence-electron chi connectivity index (χ2n) is 9.69. The molecule has 8 heteroatoms. The number of hydrogen-bond acceptors (Lipinski definition) is 4. The maximum absolute atomic E-state index is 13.1. The van der Waals surface area contributed by atoms with Crippen LogP contribution in [0.4, 0.5) is 15.3 Å². The third-order valence-electron chi connectivity index (χ3n) is 4.88. The zero-order chi connectivity index (χ0) is 22.9. The monoisotopic (exact) mass is 419 g/mol. The standard InChI is InChI=1S/C22H33N3O5/c1-14(23-19(27)30-22(5,6)7)15-8-10-16(11-9-15)24-12-13-25(20(28)29)17(18(24)26)21(2,3)4/h8-11,14,17H,12-13H2,1-7H3,(H,23,27)(H,28,29)/t14-,17?/m0/s1. The van der Waals surface area contributed by atoms with Gasteiger partial charge in [-0.2, -0.15) is 0 Å². The van der Waals surface area contributed by atoms with Gasteiger partial charge in [-0.1, -0.05) is 32.9 Å². The Balaban J connectivity index is 2.15. The molecule has 2 N–H and O–H groups in total. The molecule has 0 bridgehead atoms. The molecule has 1 aromatic carbocycles. The highest BCUT2D eigenvalue weighted by atomic mass is 16.6. The van der Waals surface area contributed by atoms with E-state index in [2.05, 4.69) is 5.32 Å². The van der Waals surface area contributed by atoms with Gasteiger partial charge in [0.05, 0.1) is 6.04 Å². The van der Waals surface area contributed by atoms with Gasteiger partial charge in [0.25, 0.3) is 5.91 Å². The Labute approximate surface area is 178 Å². The third kappa shape index (κ3) is 5.64. The minimum absolute atomic E-state index is 0.233. The van der Waals surface area contributed by atoms with Gasteiger partial charge in [-0.05, 0) is 50.8 Å². The van der Waals surface area contributed by atoms with E-state index in [9.17, 15) is 19.5 Å². The number of rotatable bonds is 3. The number of carbonyl (C=O) groups excluding carboxylic acids is 2. The van der Waals surface area contributed by atoms with Gasteiger partial charge in [0.2, 0.25) is 0 Å². The van der Waals surface area contributed by atoms with Crippen molar-refractivity contribution in [1.82, 2.24) is 10.2 Å². The van der Waals surface area contributed by atoms with Crippen molar-refractivity contribution in [2.75, 3.05) is 18.0 Å². The van der Waals surface area contributed by atoms with Crippen molar-refractivity contribution in [2.24, 2.45) is 5.41 Å². The predicted octanol–water partition coefficient (Wildman–Crippen LogP) is 4.01. The van der Waals surface area contributed by atoms with Gasteiger partial charge in [-0.25, -0.2) is 9.59 Å². The fourth-order valence-electron chi connectivity index (χ4n) is 3.54. The molecule has 166 valence electrons. The molecule has 1 aliphatic rings. The van der Waals surface area contributed by atoms with E-state index in [1.54, 1.807) is 25.7 Å². The van der Waals surface area contributed by atoms with Gasteiger partial charge in [-0.15, -0.1) is 0 Å². The number of alkyl carbamates (subject to hydrolysis) is 1. The van der Waals surface area contributed by atoms with E-state index in [1.165, 1.54) is 4.90 Å². The summed E-state index contributed by atoms with van der Waals surface area (Å²) in [4.78, 5) is 39.6. The molecule has 1 heterocycles. The summed E-state index contributed by atoms with van der Waals surface area (Å²) in [5, 5.41) is 12.3. The molecule has 1 aromatic rings. The number of ether oxygens (including phenoxy) is 1. The van der Waals surface area contributed by atoms with Gasteiger partial charge in [0.1, 0.15) is 11.6 Å². The molecule has 2 rings (SSSR count). The number of amides is 3. The third-order valence-corrected chi connectivity index (χ3v) is 4.88. The molecule has 1 aliphatic heterocycles. The lowest BCUT2D eigenvalue weighted by molar-refractivity contribution is -0.129. The Hall–Kier alpha value is -2.77. The summed E-state index contributed by atoms with van der Waals surface area (Å²) < 4.78 is 5.28. The molecule has 0 radical (unpaired) electrons. The van der Waals surface area contributed by atoms with E-state index in [0.717, 1.165) is 5.56 Å². The molecule has 30 heavy (non-hydrogen) atoms. The summed E-state index contributed by atoms with van der Waals surface area (Å²) in [5.41, 5.74) is 0.469. The molecule has 0 spiro atoms. The van der Waals surface area contributed by atoms with Gasteiger partial charge in [0, 0.05) is 18.8 Å². The fourth-order valence-corrected chi connectivity index (χ4v) is 3.54. The Morgan fingerprint density at radius 1 is 1.10 bits per heavy atom. The minimum Gasteiger partial charge on any atom is -0.465 e. The second kappa shape index (κ2) is 8.53. The lowest BCUT2D eigenvalue weighted by atomic mass is 9.83. The fraction of sp³-hybridized carbons (Fsp3) is 0.591. The highest BCUT2D eigenvalue weighted by Gasteiger charge is 2.44. The first-order valence-electron chi connectivity index (χ1n) is 10.1. The number of anilines is 1. The minimum atomic E-state index is -1.08. The van der Waals surface area contributed by atoms with Crippen molar-refractivity contribution < 1.29 is 24.2 Å². The van der Waals surface area contributed by atoms with Crippen LogP contribution in [-0.4, -0.2) is 52.8 Å². The Bertz CT molecular complexity index is 792. The summed E-state index contributed by atoms with van der Waals surface area (Å²) in [6.45, 7) is 13.4. The molecule has 0 aromatic heterocycles. The van der Waals surface area contributed by atoms with Crippen molar-refractivity contribution in [3.63, 3.8) is 0 Å². The van der Waals surface area contributed by atoms with E-state index in [-0.39, 0.29) is 18.5 Å². The van der Waals surface area contributed by atoms with Crippen molar-refractivity contribution in [1.29, 1.82) is 0 Å². The molecular weight excluding hydrogens is 386 g/mol. The molecular formula is C22H33N3O5. The first kappa shape index (κ1) is 23.5. The van der Waals surface area contributed by atoms with E-state index in [1.807, 2.05) is 52.0 Å². The van der Waals surface area contributed by atoms with Gasteiger partial charge >= 0.3 is 12.2 Å². The van der Waals surface area contributed by atoms with Crippen LogP contribution in [0.2, 0.25) is 0 Å². The summed E-state index contributed by atoms with van der Waals surface area (Å²) in [7, 11) is 0. The molecule has 8 nitrogen and oxygen atoms in total. The number of nitrogens with zero attached hydrogens (tertiary/aromatic N) is 2. The van der Waals surface area contributed by atoms with E-state index < -0.39 is 29.2 Å². The van der Waals surface area contributed by atoms with Crippen molar-refractivity contribution in [2.45, 2.75) is 66.2 Å². The molecule has 1 unspecified atom stereocenters. The number of piperazine rings is 1. The van der Waals surface area contributed by atoms with Crippen LogP contribution in [0, 0.1) is 5.41 Å². The number of carboxylic acid groups (broad SMARTS) is 1. The smallest absolute Gasteiger partial charge is 0.408 e. The lowest BCUT2D eigenvalue weighted by Gasteiger charge is -2.44. The van der Waals surface area contributed by atoms with Crippen LogP contribution in [0.25, 0.3) is 0 Å². The number of carbonyl (C=O) groups is 3. The van der Waals surface area contributed by atoms with Crippen molar-refractivity contribution in [3.8, 4) is 0 Å². The Morgan fingerprint density at radius 2 is 1.67 bits per heavy atom. The molecule has 3 amide bonds. The highest BCUT2D eigenvalue weighted by molar-refractivity contribution is 6.00. The molecule has 0 aliphatic carbocycles. The number of hydrogen-bond donors (Lipinski definition) is 2. The van der Waals surface area contributed by atoms with Gasteiger partial charge < -0.3 is 20.1 Å². The highest BCUT2D eigenvalue weighted by Crippen LogP contribution is 2.31. The average Bonchev–Trinajstić information content (AvgIpc) is 2.58. The van der Waals surface area contributed by atoms with Crippen LogP contribution in [0.3, 0.4) is 0 Å². The zero-order valence-electron chi connectivity index (χ0n) is 18.9. The van der Waals surface area contributed by atoms with Crippen LogP contribution < -0.4 is 10.2 Å². The summed E-state index contributed by atoms with van der Waals surface area (Å²) in [6.07, 6.45) is -1.58. The van der Waals surface area contributed by atoms with Crippen LogP contribution in [0.1, 0.15) is 60.1 Å². The van der Waals surface area contributed by atoms with Crippen LogP contribution in [0.15, 0.2) is 24.3 Å². The Kier molecular flexibility index (Phi) is 6.69. The molecule has 1 fully saturated rings. The van der Waals surface area contributed by atoms with E-state index in [4.69, 9.17) is 4.74 Å². The van der Waals surface area contributed by atoms with Crippen LogP contribution in [-0.2, 0) is 9.53 Å². The first-order valence-corrected chi connectivity index (χ1v) is 10.1. The first-order chi connectivity index (χ1) is 13.7. The van der Waals surface area contributed by atoms with Gasteiger partial charge in [0.15, 0.2) is 0 Å². The number of benzene rings is 1. The van der Waals surface area contributed by atoms with E-state index >= 15 is 0 Å². The van der Waals surface area contributed by atoms with Crippen molar-refractivity contribution in [3.05, 3.63) is 29.8 Å². The number of nitrogens with one attached hydrogen (secondary N) is 1. The molecule has 2 atom stereocenters. The summed E-state index contributed by atoms with van der Waals surface area (Å²) in [6, 6.07) is 6.31.